The van der Waals surface area contributed by atoms with Crippen LogP contribution in [0.4, 0.5) is 0 Å². The quantitative estimate of drug-likeness (QED) is 0.902. The van der Waals surface area contributed by atoms with Crippen LogP contribution in [-0.4, -0.2) is 11.1 Å². The fourth-order valence-electron chi connectivity index (χ4n) is 3.16. The fraction of sp³-hybridized carbons (Fsp3) is 0.250. The molecule has 118 valence electrons. The predicted molar refractivity (Wildman–Crippen MR) is 92.5 cm³/mol. The number of benzene rings is 2. The average Bonchev–Trinajstić information content (AvgIpc) is 2.55. The maximum Gasteiger partial charge on any atom is 0.335 e. The van der Waals surface area contributed by atoms with Crippen LogP contribution in [-0.2, 0) is 12.0 Å². The normalized spacial score (nSPS) is 15.7. The molecule has 0 heterocycles. The molecular weight excluding hydrogens is 286 g/mol. The number of carboxylic acids is 1. The van der Waals surface area contributed by atoms with Gasteiger partial charge < -0.3 is 10.8 Å². The molecule has 0 amide bonds. The number of rotatable bonds is 3. The van der Waals surface area contributed by atoms with Crippen molar-refractivity contribution >= 4 is 11.5 Å². The minimum atomic E-state index is -0.894. The molecule has 3 heteroatoms. The summed E-state index contributed by atoms with van der Waals surface area (Å²) in [4.78, 5) is 11.3. The zero-order chi connectivity index (χ0) is 16.6. The van der Waals surface area contributed by atoms with Crippen molar-refractivity contribution in [2.45, 2.75) is 32.2 Å². The van der Waals surface area contributed by atoms with Crippen molar-refractivity contribution in [3.05, 3.63) is 76.4 Å². The van der Waals surface area contributed by atoms with E-state index in [0.717, 1.165) is 28.7 Å². The molecule has 1 aliphatic rings. The molecule has 0 aliphatic heterocycles. The molecule has 2 aromatic rings. The molecule has 23 heavy (non-hydrogen) atoms. The molecule has 3 N–H and O–H groups in total. The summed E-state index contributed by atoms with van der Waals surface area (Å²) < 4.78 is 0. The van der Waals surface area contributed by atoms with Crippen LogP contribution in [0.3, 0.4) is 0 Å². The Morgan fingerprint density at radius 3 is 2.48 bits per heavy atom. The van der Waals surface area contributed by atoms with E-state index in [1.54, 1.807) is 12.1 Å². The van der Waals surface area contributed by atoms with E-state index in [1.165, 1.54) is 5.56 Å². The van der Waals surface area contributed by atoms with E-state index >= 15 is 0 Å². The molecule has 0 atom stereocenters. The zero-order valence-corrected chi connectivity index (χ0v) is 13.5. The molecule has 3 rings (SSSR count). The average molecular weight is 307 g/mol. The molecule has 0 saturated carbocycles. The lowest BCUT2D eigenvalue weighted by Crippen LogP contribution is -2.22. The predicted octanol–water partition coefficient (Wildman–Crippen LogP) is 3.96. The van der Waals surface area contributed by atoms with Gasteiger partial charge in [-0.15, -0.1) is 0 Å². The van der Waals surface area contributed by atoms with Crippen LogP contribution in [0.2, 0.25) is 0 Å². The first kappa shape index (κ1) is 15.5. The van der Waals surface area contributed by atoms with Crippen LogP contribution < -0.4 is 5.73 Å². The largest absolute Gasteiger partial charge is 0.478 e. The van der Waals surface area contributed by atoms with Gasteiger partial charge in [-0.05, 0) is 51.8 Å². The first-order chi connectivity index (χ1) is 10.9. The molecule has 0 unspecified atom stereocenters. The second-order valence-electron chi connectivity index (χ2n) is 6.67. The van der Waals surface area contributed by atoms with Gasteiger partial charge in [0.1, 0.15) is 0 Å². The Bertz CT molecular complexity index is 786. The van der Waals surface area contributed by atoms with E-state index in [9.17, 15) is 9.90 Å². The highest BCUT2D eigenvalue weighted by Crippen LogP contribution is 2.41. The summed E-state index contributed by atoms with van der Waals surface area (Å²) in [5.74, 6) is -0.894. The zero-order valence-electron chi connectivity index (χ0n) is 13.5. The molecule has 0 fully saturated rings. The van der Waals surface area contributed by atoms with Gasteiger partial charge in [0.2, 0.25) is 0 Å². The van der Waals surface area contributed by atoms with E-state index in [2.05, 4.69) is 32.1 Å². The van der Waals surface area contributed by atoms with Crippen LogP contribution in [0, 0.1) is 0 Å². The minimum absolute atomic E-state index is 0.00701. The van der Waals surface area contributed by atoms with Crippen LogP contribution in [0.5, 0.6) is 0 Å². The number of carboxylic acid groups (broad SMARTS) is 1. The minimum Gasteiger partial charge on any atom is -0.478 e. The van der Waals surface area contributed by atoms with Gasteiger partial charge in [0.25, 0.3) is 0 Å². The Kier molecular flexibility index (Phi) is 3.82. The van der Waals surface area contributed by atoms with Gasteiger partial charge in [0.15, 0.2) is 0 Å². The fourth-order valence-corrected chi connectivity index (χ4v) is 3.16. The van der Waals surface area contributed by atoms with E-state index in [0.29, 0.717) is 12.1 Å². The van der Waals surface area contributed by atoms with Gasteiger partial charge in [-0.25, -0.2) is 4.79 Å². The third-order valence-electron chi connectivity index (χ3n) is 4.60. The molecule has 0 bridgehead atoms. The molecule has 0 saturated heterocycles. The summed E-state index contributed by atoms with van der Waals surface area (Å²) in [6.07, 6.45) is 3.14. The Hall–Kier alpha value is -2.39. The highest BCUT2D eigenvalue weighted by molar-refractivity contribution is 5.91. The Morgan fingerprint density at radius 1 is 1.17 bits per heavy atom. The van der Waals surface area contributed by atoms with Crippen molar-refractivity contribution in [1.29, 1.82) is 0 Å². The molecule has 0 radical (unpaired) electrons. The number of aromatic carboxylic acids is 1. The summed E-state index contributed by atoms with van der Waals surface area (Å²) in [6.45, 7) is 4.90. The standard InChI is InChI=1S/C20H21NO2/c1-20(2)10-9-16(14-5-3-13(12-21)4-6-14)17-11-15(19(22)23)7-8-18(17)20/h3-9,11H,10,12,21H2,1-2H3,(H,22,23). The van der Waals surface area contributed by atoms with Gasteiger partial charge in [-0.2, -0.15) is 0 Å². The van der Waals surface area contributed by atoms with Crippen molar-refractivity contribution in [1.82, 2.24) is 0 Å². The van der Waals surface area contributed by atoms with Crippen molar-refractivity contribution < 1.29 is 9.90 Å². The molecule has 3 nitrogen and oxygen atoms in total. The van der Waals surface area contributed by atoms with Crippen LogP contribution in [0.1, 0.15) is 52.9 Å². The van der Waals surface area contributed by atoms with Gasteiger partial charge in [0, 0.05) is 6.54 Å². The molecule has 1 aliphatic carbocycles. The van der Waals surface area contributed by atoms with E-state index in [1.807, 2.05) is 18.2 Å². The molecular formula is C20H21NO2. The number of fused-ring (bicyclic) bond motifs is 1. The first-order valence-corrected chi connectivity index (χ1v) is 7.80. The Morgan fingerprint density at radius 2 is 1.87 bits per heavy atom. The number of allylic oxidation sites excluding steroid dienone is 1. The molecule has 0 spiro atoms. The van der Waals surface area contributed by atoms with Crippen molar-refractivity contribution in [2.75, 3.05) is 0 Å². The second kappa shape index (κ2) is 5.67. The lowest BCUT2D eigenvalue weighted by Gasteiger charge is -2.32. The van der Waals surface area contributed by atoms with Gasteiger partial charge in [-0.3, -0.25) is 0 Å². The Balaban J connectivity index is 2.14. The second-order valence-corrected chi connectivity index (χ2v) is 6.67. The topological polar surface area (TPSA) is 63.3 Å². The van der Waals surface area contributed by atoms with Crippen LogP contribution >= 0.6 is 0 Å². The summed E-state index contributed by atoms with van der Waals surface area (Å²) >= 11 is 0. The lowest BCUT2D eigenvalue weighted by molar-refractivity contribution is 0.0696. The monoisotopic (exact) mass is 307 g/mol. The van der Waals surface area contributed by atoms with E-state index in [4.69, 9.17) is 5.73 Å². The number of carbonyl (C=O) groups is 1. The third kappa shape index (κ3) is 2.80. The highest BCUT2D eigenvalue weighted by Gasteiger charge is 2.29. The van der Waals surface area contributed by atoms with Crippen LogP contribution in [0.25, 0.3) is 5.57 Å². The number of hydrogen-bond acceptors (Lipinski definition) is 2. The smallest absolute Gasteiger partial charge is 0.335 e. The lowest BCUT2D eigenvalue weighted by atomic mass is 9.72. The third-order valence-corrected chi connectivity index (χ3v) is 4.60. The SMILES string of the molecule is CC1(C)CC=C(c2ccc(CN)cc2)c2cc(C(=O)O)ccc21. The van der Waals surface area contributed by atoms with Gasteiger partial charge >= 0.3 is 5.97 Å². The van der Waals surface area contributed by atoms with Crippen molar-refractivity contribution in [2.24, 2.45) is 5.73 Å². The summed E-state index contributed by atoms with van der Waals surface area (Å²) in [7, 11) is 0. The Labute approximate surface area is 136 Å². The summed E-state index contributed by atoms with van der Waals surface area (Å²) in [6, 6.07) is 13.6. The molecule has 2 aromatic carbocycles. The van der Waals surface area contributed by atoms with E-state index < -0.39 is 5.97 Å². The summed E-state index contributed by atoms with van der Waals surface area (Å²) in [5.41, 5.74) is 11.5. The van der Waals surface area contributed by atoms with Crippen molar-refractivity contribution in [3.63, 3.8) is 0 Å². The van der Waals surface area contributed by atoms with Gasteiger partial charge in [-0.1, -0.05) is 50.3 Å². The first-order valence-electron chi connectivity index (χ1n) is 7.80. The molecule has 0 aromatic heterocycles. The maximum atomic E-state index is 11.3. The maximum absolute atomic E-state index is 11.3. The van der Waals surface area contributed by atoms with Gasteiger partial charge in [0.05, 0.1) is 5.56 Å². The highest BCUT2D eigenvalue weighted by atomic mass is 16.4. The number of hydrogen-bond donors (Lipinski definition) is 2. The van der Waals surface area contributed by atoms with Crippen molar-refractivity contribution in [3.8, 4) is 0 Å². The number of nitrogens with two attached hydrogens (primary N) is 1. The van der Waals surface area contributed by atoms with Crippen LogP contribution in [0.15, 0.2) is 48.5 Å². The van der Waals surface area contributed by atoms with E-state index in [-0.39, 0.29) is 5.41 Å². The summed E-state index contributed by atoms with van der Waals surface area (Å²) in [5, 5.41) is 9.31.